The summed E-state index contributed by atoms with van der Waals surface area (Å²) in [7, 11) is 0.127. The number of hydrogen-bond acceptors (Lipinski definition) is 3. The smallest absolute Gasteiger partial charge is 0.262 e. The molecule has 0 aliphatic rings. The fourth-order valence-corrected chi connectivity index (χ4v) is 4.21. The summed E-state index contributed by atoms with van der Waals surface area (Å²) in [5.41, 5.74) is 2.30. The van der Waals surface area contributed by atoms with Crippen LogP contribution in [-0.2, 0) is 10.0 Å². The summed E-state index contributed by atoms with van der Waals surface area (Å²) in [5, 5.41) is 2.09. The van der Waals surface area contributed by atoms with Gasteiger partial charge in [0.1, 0.15) is 0 Å². The quantitative estimate of drug-likeness (QED) is 0.722. The number of halogens is 1. The van der Waals surface area contributed by atoms with Gasteiger partial charge in [-0.15, -0.1) is 0 Å². The van der Waals surface area contributed by atoms with Gasteiger partial charge in [0, 0.05) is 35.6 Å². The Morgan fingerprint density at radius 1 is 0.960 bits per heavy atom. The molecule has 0 saturated heterocycles. The lowest BCUT2D eigenvalue weighted by Gasteiger charge is -2.17. The zero-order valence-corrected chi connectivity index (χ0v) is 15.8. The molecular formula is C19H19ClN2O2S. The van der Waals surface area contributed by atoms with Gasteiger partial charge >= 0.3 is 0 Å². The van der Waals surface area contributed by atoms with Gasteiger partial charge in [0.15, 0.2) is 0 Å². The highest BCUT2D eigenvalue weighted by Crippen LogP contribution is 2.31. The molecule has 0 aromatic heterocycles. The second-order valence-electron chi connectivity index (χ2n) is 6.09. The van der Waals surface area contributed by atoms with Crippen LogP contribution in [0.15, 0.2) is 59.5 Å². The Morgan fingerprint density at radius 2 is 1.64 bits per heavy atom. The lowest BCUT2D eigenvalue weighted by atomic mass is 10.1. The second kappa shape index (κ2) is 6.58. The van der Waals surface area contributed by atoms with E-state index in [1.807, 2.05) is 50.2 Å². The Balaban J connectivity index is 2.11. The van der Waals surface area contributed by atoms with Crippen LogP contribution in [0.5, 0.6) is 0 Å². The zero-order chi connectivity index (χ0) is 18.2. The first kappa shape index (κ1) is 17.6. The minimum Gasteiger partial charge on any atom is -0.377 e. The van der Waals surface area contributed by atoms with Gasteiger partial charge in [0.25, 0.3) is 10.0 Å². The maximum absolute atomic E-state index is 12.9. The largest absolute Gasteiger partial charge is 0.377 e. The summed E-state index contributed by atoms with van der Waals surface area (Å²) in [6.07, 6.45) is 0. The molecule has 25 heavy (non-hydrogen) atoms. The van der Waals surface area contributed by atoms with E-state index in [0.717, 1.165) is 16.6 Å². The van der Waals surface area contributed by atoms with E-state index < -0.39 is 10.0 Å². The van der Waals surface area contributed by atoms with E-state index in [9.17, 15) is 8.42 Å². The molecule has 0 saturated carbocycles. The van der Waals surface area contributed by atoms with Crippen LogP contribution >= 0.6 is 11.6 Å². The lowest BCUT2D eigenvalue weighted by Crippen LogP contribution is -2.14. The normalized spacial score (nSPS) is 11.5. The molecule has 0 aliphatic heterocycles. The van der Waals surface area contributed by atoms with Crippen molar-refractivity contribution >= 4 is 43.8 Å². The maximum Gasteiger partial charge on any atom is 0.262 e. The first-order chi connectivity index (χ1) is 11.8. The van der Waals surface area contributed by atoms with Gasteiger partial charge in [-0.25, -0.2) is 8.42 Å². The lowest BCUT2D eigenvalue weighted by molar-refractivity contribution is 0.602. The fourth-order valence-electron chi connectivity index (χ4n) is 2.76. The van der Waals surface area contributed by atoms with Gasteiger partial charge < -0.3 is 4.90 Å². The molecule has 0 spiro atoms. The molecule has 0 atom stereocenters. The van der Waals surface area contributed by atoms with Crippen molar-refractivity contribution in [3.8, 4) is 0 Å². The SMILES string of the molecule is Cc1ccc(NS(=O)(=O)c2cccc3c(N(C)C)cccc23)cc1Cl. The van der Waals surface area contributed by atoms with E-state index in [4.69, 9.17) is 11.6 Å². The number of sulfonamides is 1. The second-order valence-corrected chi connectivity index (χ2v) is 8.15. The number of fused-ring (bicyclic) bond motifs is 1. The first-order valence-electron chi connectivity index (χ1n) is 7.77. The van der Waals surface area contributed by atoms with E-state index in [1.54, 1.807) is 30.3 Å². The van der Waals surface area contributed by atoms with Crippen molar-refractivity contribution in [1.82, 2.24) is 0 Å². The molecule has 3 aromatic carbocycles. The molecular weight excluding hydrogens is 356 g/mol. The molecule has 0 bridgehead atoms. The number of benzene rings is 3. The summed E-state index contributed by atoms with van der Waals surface area (Å²) >= 11 is 6.10. The Labute approximate surface area is 153 Å². The average molecular weight is 375 g/mol. The topological polar surface area (TPSA) is 49.4 Å². The summed E-state index contributed by atoms with van der Waals surface area (Å²) in [4.78, 5) is 2.21. The Morgan fingerprint density at radius 3 is 2.32 bits per heavy atom. The molecule has 0 fully saturated rings. The third-order valence-electron chi connectivity index (χ3n) is 4.05. The first-order valence-corrected chi connectivity index (χ1v) is 9.64. The van der Waals surface area contributed by atoms with Gasteiger partial charge in [-0.3, -0.25) is 4.72 Å². The summed E-state index contributed by atoms with van der Waals surface area (Å²) < 4.78 is 28.5. The highest BCUT2D eigenvalue weighted by Gasteiger charge is 2.19. The minimum atomic E-state index is -3.74. The highest BCUT2D eigenvalue weighted by molar-refractivity contribution is 7.93. The Hall–Kier alpha value is -2.24. The molecule has 3 aromatic rings. The van der Waals surface area contributed by atoms with Gasteiger partial charge in [-0.1, -0.05) is 41.9 Å². The number of anilines is 2. The van der Waals surface area contributed by atoms with Crippen LogP contribution in [-0.4, -0.2) is 22.5 Å². The van der Waals surface area contributed by atoms with Crippen LogP contribution in [0.2, 0.25) is 5.02 Å². The molecule has 0 unspecified atom stereocenters. The summed E-state index contributed by atoms with van der Waals surface area (Å²) in [6.45, 7) is 1.87. The third-order valence-corrected chi connectivity index (χ3v) is 5.90. The van der Waals surface area contributed by atoms with Crippen LogP contribution in [0.1, 0.15) is 5.56 Å². The van der Waals surface area contributed by atoms with Crippen LogP contribution in [0, 0.1) is 6.92 Å². The highest BCUT2D eigenvalue weighted by atomic mass is 35.5. The Bertz CT molecular complexity index is 1050. The molecule has 0 aliphatic carbocycles. The van der Waals surface area contributed by atoms with Gasteiger partial charge in [0.05, 0.1) is 10.6 Å². The summed E-state index contributed by atoms with van der Waals surface area (Å²) in [5.74, 6) is 0. The van der Waals surface area contributed by atoms with E-state index >= 15 is 0 Å². The number of hydrogen-bond donors (Lipinski definition) is 1. The van der Waals surface area contributed by atoms with Crippen molar-refractivity contribution in [2.24, 2.45) is 0 Å². The number of nitrogens with one attached hydrogen (secondary N) is 1. The van der Waals surface area contributed by atoms with Gasteiger partial charge in [-0.05, 0) is 36.8 Å². The van der Waals surface area contributed by atoms with Crippen LogP contribution in [0.3, 0.4) is 0 Å². The predicted octanol–water partition coefficient (Wildman–Crippen LogP) is 4.67. The standard InChI is InChI=1S/C19H19ClN2O2S/c1-13-10-11-14(12-17(13)20)21-25(23,24)19-9-5-6-15-16(19)7-4-8-18(15)22(2)3/h4-12,21H,1-3H3. The number of rotatable bonds is 4. The van der Waals surface area contributed by atoms with Gasteiger partial charge in [0.2, 0.25) is 0 Å². The summed E-state index contributed by atoms with van der Waals surface area (Å²) in [6, 6.07) is 16.0. The van der Waals surface area contributed by atoms with Crippen molar-refractivity contribution in [2.75, 3.05) is 23.7 Å². The van der Waals surface area contributed by atoms with E-state index in [0.29, 0.717) is 16.1 Å². The molecule has 0 amide bonds. The van der Waals surface area contributed by atoms with E-state index in [2.05, 4.69) is 4.72 Å². The fraction of sp³-hybridized carbons (Fsp3) is 0.158. The molecule has 1 N–H and O–H groups in total. The van der Waals surface area contributed by atoms with Crippen LogP contribution in [0.4, 0.5) is 11.4 Å². The maximum atomic E-state index is 12.9. The Kier molecular flexibility index (Phi) is 4.62. The van der Waals surface area contributed by atoms with E-state index in [1.165, 1.54) is 0 Å². The van der Waals surface area contributed by atoms with Crippen molar-refractivity contribution in [1.29, 1.82) is 0 Å². The minimum absolute atomic E-state index is 0.241. The average Bonchev–Trinajstić information content (AvgIpc) is 2.56. The van der Waals surface area contributed by atoms with Crippen LogP contribution in [0.25, 0.3) is 10.8 Å². The third kappa shape index (κ3) is 3.43. The van der Waals surface area contributed by atoms with Crippen molar-refractivity contribution in [2.45, 2.75) is 11.8 Å². The van der Waals surface area contributed by atoms with Crippen molar-refractivity contribution < 1.29 is 8.42 Å². The molecule has 0 radical (unpaired) electrons. The van der Waals surface area contributed by atoms with E-state index in [-0.39, 0.29) is 4.90 Å². The molecule has 4 nitrogen and oxygen atoms in total. The molecule has 0 heterocycles. The molecule has 130 valence electrons. The number of nitrogens with zero attached hydrogens (tertiary/aromatic N) is 1. The zero-order valence-electron chi connectivity index (χ0n) is 14.2. The monoisotopic (exact) mass is 374 g/mol. The van der Waals surface area contributed by atoms with Crippen molar-refractivity contribution in [3.05, 3.63) is 65.2 Å². The predicted molar refractivity (Wildman–Crippen MR) is 105 cm³/mol. The van der Waals surface area contributed by atoms with Gasteiger partial charge in [-0.2, -0.15) is 0 Å². The van der Waals surface area contributed by atoms with Crippen molar-refractivity contribution in [3.63, 3.8) is 0 Å². The van der Waals surface area contributed by atoms with Crippen LogP contribution < -0.4 is 9.62 Å². The molecule has 6 heteroatoms. The number of aryl methyl sites for hydroxylation is 1. The molecule has 3 rings (SSSR count).